The van der Waals surface area contributed by atoms with Crippen molar-refractivity contribution >= 4 is 52.6 Å². The molecule has 0 aliphatic heterocycles. The van der Waals surface area contributed by atoms with Crippen LogP contribution in [-0.4, -0.2) is 22.5 Å². The highest BCUT2D eigenvalue weighted by molar-refractivity contribution is 14.0. The first kappa shape index (κ1) is 20.8. The largest absolute Gasteiger partial charge is 0.357 e. The van der Waals surface area contributed by atoms with Crippen molar-refractivity contribution in [2.24, 2.45) is 4.99 Å². The van der Waals surface area contributed by atoms with Gasteiger partial charge in [0.25, 0.3) is 0 Å². The Labute approximate surface area is 179 Å². The molecule has 0 radical (unpaired) electrons. The van der Waals surface area contributed by atoms with Gasteiger partial charge in [-0.3, -0.25) is 0 Å². The fourth-order valence-corrected chi connectivity index (χ4v) is 3.78. The van der Waals surface area contributed by atoms with E-state index in [1.54, 1.807) is 22.7 Å². The summed E-state index contributed by atoms with van der Waals surface area (Å²) in [4.78, 5) is 14.9. The molecule has 26 heavy (non-hydrogen) atoms. The molecule has 0 fully saturated rings. The quantitative estimate of drug-likeness (QED) is 0.299. The highest BCUT2D eigenvalue weighted by Crippen LogP contribution is 2.23. The van der Waals surface area contributed by atoms with E-state index in [0.29, 0.717) is 13.1 Å². The molecule has 8 heteroatoms. The zero-order valence-electron chi connectivity index (χ0n) is 14.7. The Bertz CT molecular complexity index is 829. The van der Waals surface area contributed by atoms with Gasteiger partial charge in [0.05, 0.1) is 18.8 Å². The molecule has 0 bridgehead atoms. The summed E-state index contributed by atoms with van der Waals surface area (Å²) >= 11 is 3.35. The summed E-state index contributed by atoms with van der Waals surface area (Å²) in [5.74, 6) is 0.782. The zero-order valence-corrected chi connectivity index (χ0v) is 18.7. The number of hydrogen-bond donors (Lipinski definition) is 2. The number of aliphatic imine (C=N–C) groups is 1. The highest BCUT2D eigenvalue weighted by Gasteiger charge is 2.05. The van der Waals surface area contributed by atoms with Crippen LogP contribution in [-0.2, 0) is 13.1 Å². The molecule has 2 heterocycles. The summed E-state index contributed by atoms with van der Waals surface area (Å²) < 4.78 is 0. The molecule has 0 unspecified atom stereocenters. The van der Waals surface area contributed by atoms with Gasteiger partial charge in [0.1, 0.15) is 10.0 Å². The van der Waals surface area contributed by atoms with Gasteiger partial charge in [-0.1, -0.05) is 30.3 Å². The maximum atomic E-state index is 4.68. The lowest BCUT2D eigenvalue weighted by molar-refractivity contribution is 0.809. The Hall–Kier alpha value is -1.52. The van der Waals surface area contributed by atoms with Crippen molar-refractivity contribution in [3.8, 4) is 10.6 Å². The van der Waals surface area contributed by atoms with Crippen molar-refractivity contribution in [1.29, 1.82) is 0 Å². The van der Waals surface area contributed by atoms with Gasteiger partial charge in [0.15, 0.2) is 5.96 Å². The highest BCUT2D eigenvalue weighted by atomic mass is 127. The van der Waals surface area contributed by atoms with Crippen LogP contribution in [0.5, 0.6) is 0 Å². The minimum absolute atomic E-state index is 0. The number of halogens is 1. The molecule has 3 aromatic rings. The van der Waals surface area contributed by atoms with Crippen LogP contribution in [0, 0.1) is 6.92 Å². The van der Waals surface area contributed by atoms with E-state index < -0.39 is 0 Å². The van der Waals surface area contributed by atoms with Crippen molar-refractivity contribution in [3.05, 3.63) is 57.5 Å². The van der Waals surface area contributed by atoms with Gasteiger partial charge < -0.3 is 10.6 Å². The average molecular weight is 499 g/mol. The fourth-order valence-electron chi connectivity index (χ4n) is 2.24. The Kier molecular flexibility index (Phi) is 8.46. The smallest absolute Gasteiger partial charge is 0.191 e. The number of nitrogens with zero attached hydrogens (tertiary/aromatic N) is 3. The molecule has 3 rings (SSSR count). The topological polar surface area (TPSA) is 62.2 Å². The Morgan fingerprint density at radius 2 is 2.00 bits per heavy atom. The number of hydrogen-bond acceptors (Lipinski definition) is 5. The minimum atomic E-state index is 0. The standard InChI is InChI=1S/C18H21N5S2.HI/c1-3-19-18(22-11-16-20-9-13(2)25-16)21-10-15-12-24-17(23-15)14-7-5-4-6-8-14;/h4-9,12H,3,10-11H2,1-2H3,(H2,19,21,22);1H. The van der Waals surface area contributed by atoms with E-state index >= 15 is 0 Å². The number of benzene rings is 1. The van der Waals surface area contributed by atoms with Gasteiger partial charge in [-0.05, 0) is 13.8 Å². The molecule has 2 aromatic heterocycles. The van der Waals surface area contributed by atoms with Crippen molar-refractivity contribution in [2.45, 2.75) is 26.9 Å². The number of guanidine groups is 1. The van der Waals surface area contributed by atoms with Crippen LogP contribution in [0.15, 0.2) is 46.9 Å². The SMILES string of the molecule is CCNC(=NCc1csc(-c2ccccc2)n1)NCc1ncc(C)s1.I. The van der Waals surface area contributed by atoms with Crippen LogP contribution >= 0.6 is 46.7 Å². The molecule has 0 saturated carbocycles. The predicted molar refractivity (Wildman–Crippen MR) is 121 cm³/mol. The first-order valence-corrected chi connectivity index (χ1v) is 9.87. The Morgan fingerprint density at radius 1 is 1.19 bits per heavy atom. The monoisotopic (exact) mass is 499 g/mol. The molecule has 0 amide bonds. The minimum Gasteiger partial charge on any atom is -0.357 e. The van der Waals surface area contributed by atoms with E-state index in [2.05, 4.69) is 57.0 Å². The molecule has 0 saturated heterocycles. The number of aromatic nitrogens is 2. The van der Waals surface area contributed by atoms with Crippen molar-refractivity contribution < 1.29 is 0 Å². The lowest BCUT2D eigenvalue weighted by atomic mass is 10.2. The normalized spacial score (nSPS) is 11.1. The average Bonchev–Trinajstić information content (AvgIpc) is 3.27. The second-order valence-electron chi connectivity index (χ2n) is 5.42. The number of nitrogens with one attached hydrogen (secondary N) is 2. The first-order chi connectivity index (χ1) is 12.2. The summed E-state index contributed by atoms with van der Waals surface area (Å²) in [5.41, 5.74) is 2.12. The Morgan fingerprint density at radius 3 is 2.69 bits per heavy atom. The molecule has 138 valence electrons. The maximum absolute atomic E-state index is 4.68. The summed E-state index contributed by atoms with van der Waals surface area (Å²) in [6.45, 7) is 6.16. The van der Waals surface area contributed by atoms with E-state index in [1.807, 2.05) is 24.4 Å². The van der Waals surface area contributed by atoms with Gasteiger partial charge in [-0.15, -0.1) is 46.7 Å². The first-order valence-electron chi connectivity index (χ1n) is 8.18. The van der Waals surface area contributed by atoms with Crippen molar-refractivity contribution in [1.82, 2.24) is 20.6 Å². The molecular weight excluding hydrogens is 477 g/mol. The lowest BCUT2D eigenvalue weighted by Crippen LogP contribution is -2.36. The number of thiazole rings is 2. The lowest BCUT2D eigenvalue weighted by Gasteiger charge is -2.09. The van der Waals surface area contributed by atoms with Gasteiger partial charge >= 0.3 is 0 Å². The van der Waals surface area contributed by atoms with Gasteiger partial charge in [-0.25, -0.2) is 15.0 Å². The van der Waals surface area contributed by atoms with Crippen LogP contribution in [0.3, 0.4) is 0 Å². The van der Waals surface area contributed by atoms with Crippen LogP contribution < -0.4 is 10.6 Å². The molecule has 5 nitrogen and oxygen atoms in total. The molecule has 0 spiro atoms. The van der Waals surface area contributed by atoms with E-state index in [4.69, 9.17) is 0 Å². The summed E-state index contributed by atoms with van der Waals surface area (Å²) in [6, 6.07) is 10.2. The molecule has 2 N–H and O–H groups in total. The third-order valence-corrected chi connectivity index (χ3v) is 5.25. The maximum Gasteiger partial charge on any atom is 0.191 e. The molecule has 0 atom stereocenters. The second kappa shape index (κ2) is 10.6. The predicted octanol–water partition coefficient (Wildman–Crippen LogP) is 4.45. The van der Waals surface area contributed by atoms with Crippen LogP contribution in [0.1, 0.15) is 22.5 Å². The third kappa shape index (κ3) is 6.03. The molecule has 1 aromatic carbocycles. The molecule has 0 aliphatic carbocycles. The zero-order chi connectivity index (χ0) is 17.5. The van der Waals surface area contributed by atoms with Gasteiger partial charge in [0, 0.05) is 28.6 Å². The number of aryl methyl sites for hydroxylation is 1. The molecule has 0 aliphatic rings. The number of rotatable bonds is 6. The van der Waals surface area contributed by atoms with E-state index in [-0.39, 0.29) is 24.0 Å². The summed E-state index contributed by atoms with van der Waals surface area (Å²) in [5, 5.41) is 10.7. The van der Waals surface area contributed by atoms with E-state index in [1.165, 1.54) is 4.88 Å². The molecular formula is C18H22IN5S2. The van der Waals surface area contributed by atoms with Gasteiger partial charge in [0.2, 0.25) is 0 Å². The summed E-state index contributed by atoms with van der Waals surface area (Å²) in [7, 11) is 0. The van der Waals surface area contributed by atoms with Crippen LogP contribution in [0.4, 0.5) is 0 Å². The van der Waals surface area contributed by atoms with Gasteiger partial charge in [-0.2, -0.15) is 0 Å². The van der Waals surface area contributed by atoms with Crippen LogP contribution in [0.2, 0.25) is 0 Å². The van der Waals surface area contributed by atoms with Crippen molar-refractivity contribution in [3.63, 3.8) is 0 Å². The Balaban J connectivity index is 0.00000243. The second-order valence-corrected chi connectivity index (χ2v) is 7.60. The van der Waals surface area contributed by atoms with E-state index in [9.17, 15) is 0 Å². The summed E-state index contributed by atoms with van der Waals surface area (Å²) in [6.07, 6.45) is 1.89. The van der Waals surface area contributed by atoms with E-state index in [0.717, 1.165) is 33.8 Å². The third-order valence-electron chi connectivity index (χ3n) is 3.39. The fraction of sp³-hybridized carbons (Fsp3) is 0.278. The van der Waals surface area contributed by atoms with Crippen molar-refractivity contribution in [2.75, 3.05) is 6.54 Å². The van der Waals surface area contributed by atoms with Crippen LogP contribution in [0.25, 0.3) is 10.6 Å².